The Hall–Kier alpha value is -2.24. The summed E-state index contributed by atoms with van der Waals surface area (Å²) in [5.41, 5.74) is 2.85. The van der Waals surface area contributed by atoms with E-state index in [1.807, 2.05) is 32.0 Å². The number of nitrogens with one attached hydrogen (secondary N) is 1. The molecule has 168 valence electrons. The average molecular weight is 465 g/mol. The Morgan fingerprint density at radius 1 is 1.13 bits per heavy atom. The predicted molar refractivity (Wildman–Crippen MR) is 126 cm³/mol. The van der Waals surface area contributed by atoms with Gasteiger partial charge in [0.25, 0.3) is 5.91 Å². The van der Waals surface area contributed by atoms with Gasteiger partial charge >= 0.3 is 0 Å². The fourth-order valence-corrected chi connectivity index (χ4v) is 3.38. The number of carbonyl (C=O) groups is 2. The van der Waals surface area contributed by atoms with E-state index in [1.165, 1.54) is 4.90 Å². The third-order valence-electron chi connectivity index (χ3n) is 5.24. The Balaban J connectivity index is 2.18. The topological polar surface area (TPSA) is 58.6 Å². The molecule has 0 aliphatic heterocycles. The van der Waals surface area contributed by atoms with Crippen LogP contribution in [0.15, 0.2) is 36.4 Å². The van der Waals surface area contributed by atoms with Gasteiger partial charge in [-0.15, -0.1) is 0 Å². The zero-order chi connectivity index (χ0) is 23.0. The summed E-state index contributed by atoms with van der Waals surface area (Å²) >= 11 is 12.1. The number of amides is 2. The second kappa shape index (κ2) is 12.0. The Bertz CT molecular complexity index is 918. The molecule has 5 nitrogen and oxygen atoms in total. The number of hydrogen-bond donors (Lipinski definition) is 1. The first-order valence-corrected chi connectivity index (χ1v) is 11.2. The molecule has 0 radical (unpaired) electrons. The first kappa shape index (κ1) is 25.0. The van der Waals surface area contributed by atoms with E-state index in [2.05, 4.69) is 12.2 Å². The van der Waals surface area contributed by atoms with Crippen LogP contribution in [0.1, 0.15) is 43.4 Å². The molecule has 2 rings (SSSR count). The Kier molecular flexibility index (Phi) is 9.66. The largest absolute Gasteiger partial charge is 0.483 e. The van der Waals surface area contributed by atoms with Crippen LogP contribution in [-0.4, -0.2) is 35.9 Å². The van der Waals surface area contributed by atoms with Crippen LogP contribution in [0.2, 0.25) is 10.0 Å². The SMILES string of the molecule is CCCCNC(=O)C(C)N(Cc1ccc(Cl)c(Cl)c1)C(=O)COc1cccc(C)c1C. The lowest BCUT2D eigenvalue weighted by Gasteiger charge is -2.29. The van der Waals surface area contributed by atoms with Crippen LogP contribution in [0, 0.1) is 13.8 Å². The van der Waals surface area contributed by atoms with Crippen LogP contribution in [0.3, 0.4) is 0 Å². The maximum absolute atomic E-state index is 13.1. The summed E-state index contributed by atoms with van der Waals surface area (Å²) in [5, 5.41) is 3.73. The highest BCUT2D eigenvalue weighted by Crippen LogP contribution is 2.24. The zero-order valence-electron chi connectivity index (χ0n) is 18.5. The van der Waals surface area contributed by atoms with Gasteiger partial charge in [0, 0.05) is 13.1 Å². The molecule has 1 N–H and O–H groups in total. The van der Waals surface area contributed by atoms with Gasteiger partial charge < -0.3 is 15.0 Å². The van der Waals surface area contributed by atoms with Crippen LogP contribution >= 0.6 is 23.2 Å². The van der Waals surface area contributed by atoms with Crippen LogP contribution in [0.25, 0.3) is 0 Å². The third-order valence-corrected chi connectivity index (χ3v) is 5.98. The van der Waals surface area contributed by atoms with Gasteiger partial charge in [0.2, 0.25) is 5.91 Å². The maximum atomic E-state index is 13.1. The van der Waals surface area contributed by atoms with Crippen molar-refractivity contribution in [3.8, 4) is 5.75 Å². The highest BCUT2D eigenvalue weighted by atomic mass is 35.5. The van der Waals surface area contributed by atoms with Gasteiger partial charge in [-0.05, 0) is 62.1 Å². The first-order chi connectivity index (χ1) is 14.7. The summed E-state index contributed by atoms with van der Waals surface area (Å²) in [5.74, 6) is 0.168. The summed E-state index contributed by atoms with van der Waals surface area (Å²) in [4.78, 5) is 27.3. The molecule has 2 aromatic rings. The Morgan fingerprint density at radius 2 is 1.87 bits per heavy atom. The molecule has 0 heterocycles. The highest BCUT2D eigenvalue weighted by Gasteiger charge is 2.26. The number of aryl methyl sites for hydroxylation is 1. The van der Waals surface area contributed by atoms with E-state index in [9.17, 15) is 9.59 Å². The van der Waals surface area contributed by atoms with Crippen molar-refractivity contribution in [1.29, 1.82) is 0 Å². The Labute approximate surface area is 194 Å². The zero-order valence-corrected chi connectivity index (χ0v) is 20.0. The molecule has 0 spiro atoms. The molecule has 0 saturated carbocycles. The van der Waals surface area contributed by atoms with Gasteiger partial charge in [-0.2, -0.15) is 0 Å². The minimum atomic E-state index is -0.666. The van der Waals surface area contributed by atoms with Gasteiger partial charge in [0.05, 0.1) is 10.0 Å². The monoisotopic (exact) mass is 464 g/mol. The summed E-state index contributed by atoms with van der Waals surface area (Å²) in [6.45, 7) is 8.34. The van der Waals surface area contributed by atoms with E-state index in [0.717, 1.165) is 29.5 Å². The van der Waals surface area contributed by atoms with E-state index in [4.69, 9.17) is 27.9 Å². The molecular weight excluding hydrogens is 435 g/mol. The number of rotatable bonds is 10. The molecule has 0 saturated heterocycles. The van der Waals surface area contributed by atoms with E-state index >= 15 is 0 Å². The number of carbonyl (C=O) groups excluding carboxylic acids is 2. The molecule has 0 aliphatic rings. The lowest BCUT2D eigenvalue weighted by molar-refractivity contribution is -0.142. The van der Waals surface area contributed by atoms with Gasteiger partial charge in [-0.1, -0.05) is 54.7 Å². The van der Waals surface area contributed by atoms with Crippen molar-refractivity contribution in [2.45, 2.75) is 53.1 Å². The Morgan fingerprint density at radius 3 is 2.55 bits per heavy atom. The molecule has 1 unspecified atom stereocenters. The minimum absolute atomic E-state index is 0.168. The van der Waals surface area contributed by atoms with Gasteiger partial charge in [-0.25, -0.2) is 0 Å². The molecule has 0 aromatic heterocycles. The fraction of sp³-hybridized carbons (Fsp3) is 0.417. The molecule has 7 heteroatoms. The highest BCUT2D eigenvalue weighted by molar-refractivity contribution is 6.42. The molecule has 2 amide bonds. The van der Waals surface area contributed by atoms with Crippen molar-refractivity contribution in [1.82, 2.24) is 10.2 Å². The minimum Gasteiger partial charge on any atom is -0.483 e. The fourth-order valence-electron chi connectivity index (χ4n) is 3.06. The lowest BCUT2D eigenvalue weighted by Crippen LogP contribution is -2.49. The van der Waals surface area contributed by atoms with Crippen molar-refractivity contribution >= 4 is 35.0 Å². The first-order valence-electron chi connectivity index (χ1n) is 10.4. The average Bonchev–Trinajstić information content (AvgIpc) is 2.75. The quantitative estimate of drug-likeness (QED) is 0.483. The molecular formula is C24H30Cl2N2O3. The van der Waals surface area contributed by atoms with Crippen LogP contribution in [0.5, 0.6) is 5.75 Å². The van der Waals surface area contributed by atoms with Crippen molar-refractivity contribution < 1.29 is 14.3 Å². The van der Waals surface area contributed by atoms with Gasteiger partial charge in [0.15, 0.2) is 6.61 Å². The van der Waals surface area contributed by atoms with Crippen molar-refractivity contribution in [3.05, 3.63) is 63.1 Å². The number of nitrogens with zero attached hydrogens (tertiary/aromatic N) is 1. The van der Waals surface area contributed by atoms with Crippen LogP contribution in [0.4, 0.5) is 0 Å². The molecule has 0 aliphatic carbocycles. The maximum Gasteiger partial charge on any atom is 0.261 e. The van der Waals surface area contributed by atoms with Crippen molar-refractivity contribution in [2.75, 3.05) is 13.2 Å². The van der Waals surface area contributed by atoms with Crippen LogP contribution in [-0.2, 0) is 16.1 Å². The van der Waals surface area contributed by atoms with E-state index in [-0.39, 0.29) is 25.0 Å². The smallest absolute Gasteiger partial charge is 0.261 e. The summed E-state index contributed by atoms with van der Waals surface area (Å²) in [6, 6.07) is 10.2. The van der Waals surface area contributed by atoms with E-state index in [0.29, 0.717) is 22.3 Å². The lowest BCUT2D eigenvalue weighted by atomic mass is 10.1. The van der Waals surface area contributed by atoms with Gasteiger partial charge in [-0.3, -0.25) is 9.59 Å². The number of benzene rings is 2. The second-order valence-corrected chi connectivity index (χ2v) is 8.39. The van der Waals surface area contributed by atoms with E-state index < -0.39 is 6.04 Å². The number of hydrogen-bond acceptors (Lipinski definition) is 3. The van der Waals surface area contributed by atoms with Crippen molar-refractivity contribution in [3.63, 3.8) is 0 Å². The number of unbranched alkanes of at least 4 members (excludes halogenated alkanes) is 1. The normalized spacial score (nSPS) is 11.7. The summed E-state index contributed by atoms with van der Waals surface area (Å²) in [6.07, 6.45) is 1.86. The molecule has 1 atom stereocenters. The predicted octanol–water partition coefficient (Wildman–Crippen LogP) is 5.32. The van der Waals surface area contributed by atoms with Crippen LogP contribution < -0.4 is 10.1 Å². The molecule has 0 fully saturated rings. The van der Waals surface area contributed by atoms with Gasteiger partial charge in [0.1, 0.15) is 11.8 Å². The summed E-state index contributed by atoms with van der Waals surface area (Å²) in [7, 11) is 0. The third kappa shape index (κ3) is 7.15. The molecule has 2 aromatic carbocycles. The summed E-state index contributed by atoms with van der Waals surface area (Å²) < 4.78 is 5.80. The van der Waals surface area contributed by atoms with E-state index in [1.54, 1.807) is 25.1 Å². The molecule has 0 bridgehead atoms. The van der Waals surface area contributed by atoms with Crippen molar-refractivity contribution in [2.24, 2.45) is 0 Å². The number of halogens is 2. The standard InChI is InChI=1S/C24H30Cl2N2O3/c1-5-6-12-27-24(30)18(4)28(14-19-10-11-20(25)21(26)13-19)23(29)15-31-22-9-7-8-16(2)17(22)3/h7-11,13,18H,5-6,12,14-15H2,1-4H3,(H,27,30). The number of ether oxygens (including phenoxy) is 1. The second-order valence-electron chi connectivity index (χ2n) is 7.58. The molecule has 31 heavy (non-hydrogen) atoms.